The average Bonchev–Trinajstić information content (AvgIpc) is 3.14. The van der Waals surface area contributed by atoms with Crippen molar-refractivity contribution in [1.82, 2.24) is 4.90 Å². The molecule has 5 heteroatoms. The van der Waals surface area contributed by atoms with Gasteiger partial charge >= 0.3 is 6.18 Å². The van der Waals surface area contributed by atoms with Crippen molar-refractivity contribution in [2.24, 2.45) is 0 Å². The van der Waals surface area contributed by atoms with Gasteiger partial charge in [-0.1, -0.05) is 25.0 Å². The van der Waals surface area contributed by atoms with Crippen LogP contribution in [0.1, 0.15) is 48.3 Å². The molecule has 1 saturated carbocycles. The largest absolute Gasteiger partial charge is 0.416 e. The summed E-state index contributed by atoms with van der Waals surface area (Å²) >= 11 is 0. The zero-order chi connectivity index (χ0) is 15.3. The standard InChI is InChI=1S/C17H20F3NO/c18-17(19,20)15-7-3-6-12-13-8-21(11-4-1-2-5-11)9-16(13)22-10-14(12)15/h3,6-7,11,13,16H,1-2,4-5,8-10H2/t13-,16-/m1/s1. The Kier molecular flexibility index (Phi) is 3.46. The molecule has 0 spiro atoms. The first-order valence-electron chi connectivity index (χ1n) is 8.08. The summed E-state index contributed by atoms with van der Waals surface area (Å²) < 4.78 is 45.3. The Bertz CT molecular complexity index is 566. The molecule has 4 rings (SSSR count). The molecule has 1 aromatic carbocycles. The summed E-state index contributed by atoms with van der Waals surface area (Å²) in [5.74, 6) is 0.0895. The molecule has 0 aromatic heterocycles. The van der Waals surface area contributed by atoms with Crippen molar-refractivity contribution >= 4 is 0 Å². The van der Waals surface area contributed by atoms with Gasteiger partial charge in [0.15, 0.2) is 0 Å². The minimum Gasteiger partial charge on any atom is -0.371 e. The summed E-state index contributed by atoms with van der Waals surface area (Å²) in [7, 11) is 0. The van der Waals surface area contributed by atoms with E-state index in [4.69, 9.17) is 4.74 Å². The van der Waals surface area contributed by atoms with E-state index in [1.165, 1.54) is 31.7 Å². The molecule has 1 aliphatic carbocycles. The van der Waals surface area contributed by atoms with Gasteiger partial charge in [-0.25, -0.2) is 0 Å². The van der Waals surface area contributed by atoms with Gasteiger partial charge in [0.05, 0.1) is 18.3 Å². The van der Waals surface area contributed by atoms with Gasteiger partial charge in [-0.05, 0) is 30.0 Å². The lowest BCUT2D eigenvalue weighted by Crippen LogP contribution is -2.32. The van der Waals surface area contributed by atoms with E-state index in [0.717, 1.165) is 18.7 Å². The average molecular weight is 311 g/mol. The van der Waals surface area contributed by atoms with Crippen molar-refractivity contribution in [3.63, 3.8) is 0 Å². The number of likely N-dealkylation sites (tertiary alicyclic amines) is 1. The zero-order valence-corrected chi connectivity index (χ0v) is 12.4. The van der Waals surface area contributed by atoms with E-state index in [9.17, 15) is 13.2 Å². The third kappa shape index (κ3) is 2.35. The number of alkyl halides is 3. The molecule has 1 aromatic rings. The Morgan fingerprint density at radius 1 is 1.09 bits per heavy atom. The van der Waals surface area contributed by atoms with Gasteiger partial charge < -0.3 is 4.74 Å². The topological polar surface area (TPSA) is 12.5 Å². The molecule has 0 N–H and O–H groups in total. The molecular formula is C17H20F3NO. The number of ether oxygens (including phenoxy) is 1. The van der Waals surface area contributed by atoms with E-state index in [1.807, 2.05) is 6.07 Å². The fourth-order valence-electron chi connectivity index (χ4n) is 4.41. The molecule has 0 radical (unpaired) electrons. The molecule has 2 heterocycles. The summed E-state index contributed by atoms with van der Waals surface area (Å²) in [5, 5.41) is 0. The Labute approximate surface area is 128 Å². The number of benzene rings is 1. The first kappa shape index (κ1) is 14.5. The third-order valence-electron chi connectivity index (χ3n) is 5.49. The highest BCUT2D eigenvalue weighted by molar-refractivity contribution is 5.41. The first-order chi connectivity index (χ1) is 10.5. The number of halogens is 3. The maximum absolute atomic E-state index is 13.2. The molecule has 120 valence electrons. The van der Waals surface area contributed by atoms with Gasteiger partial charge in [0.1, 0.15) is 0 Å². The molecule has 2 nitrogen and oxygen atoms in total. The lowest BCUT2D eigenvalue weighted by Gasteiger charge is -2.29. The summed E-state index contributed by atoms with van der Waals surface area (Å²) in [6.07, 6.45) is 0.726. The van der Waals surface area contributed by atoms with Gasteiger partial charge in [-0.3, -0.25) is 4.90 Å². The zero-order valence-electron chi connectivity index (χ0n) is 12.4. The highest BCUT2D eigenvalue weighted by Gasteiger charge is 2.44. The Morgan fingerprint density at radius 3 is 2.59 bits per heavy atom. The van der Waals surface area contributed by atoms with Gasteiger partial charge in [0.2, 0.25) is 0 Å². The Hall–Kier alpha value is -1.07. The summed E-state index contributed by atoms with van der Waals surface area (Å²) in [6, 6.07) is 5.18. The lowest BCUT2D eigenvalue weighted by atomic mass is 9.87. The van der Waals surface area contributed by atoms with E-state index in [0.29, 0.717) is 11.6 Å². The van der Waals surface area contributed by atoms with Crippen LogP contribution in [0.4, 0.5) is 13.2 Å². The minimum atomic E-state index is -4.30. The molecule has 22 heavy (non-hydrogen) atoms. The van der Waals surface area contributed by atoms with Crippen molar-refractivity contribution < 1.29 is 17.9 Å². The summed E-state index contributed by atoms with van der Waals surface area (Å²) in [6.45, 7) is 1.79. The van der Waals surface area contributed by atoms with E-state index < -0.39 is 11.7 Å². The van der Waals surface area contributed by atoms with Crippen molar-refractivity contribution in [3.05, 3.63) is 34.9 Å². The molecule has 0 bridgehead atoms. The molecule has 2 atom stereocenters. The SMILES string of the molecule is FC(F)(F)c1cccc2c1CO[C@@H]1CN(C3CCCC3)C[C@H]21. The highest BCUT2D eigenvalue weighted by Crippen LogP contribution is 2.43. The van der Waals surface area contributed by atoms with Crippen LogP contribution in [-0.2, 0) is 17.5 Å². The quantitative estimate of drug-likeness (QED) is 0.779. The second-order valence-corrected chi connectivity index (χ2v) is 6.72. The van der Waals surface area contributed by atoms with Crippen LogP contribution in [0.2, 0.25) is 0 Å². The van der Waals surface area contributed by atoms with Crippen LogP contribution < -0.4 is 0 Å². The molecule has 0 amide bonds. The van der Waals surface area contributed by atoms with Crippen molar-refractivity contribution in [2.45, 2.75) is 56.5 Å². The summed E-state index contributed by atoms with van der Waals surface area (Å²) in [4.78, 5) is 2.44. The molecule has 0 unspecified atom stereocenters. The van der Waals surface area contributed by atoms with Crippen LogP contribution in [0.15, 0.2) is 18.2 Å². The summed E-state index contributed by atoms with van der Waals surface area (Å²) in [5.41, 5.74) is 0.680. The van der Waals surface area contributed by atoms with E-state index in [2.05, 4.69) is 4.90 Å². The molecule has 2 fully saturated rings. The predicted octanol–water partition coefficient (Wildman–Crippen LogP) is 3.95. The van der Waals surface area contributed by atoms with E-state index in [-0.39, 0.29) is 18.6 Å². The fourth-order valence-corrected chi connectivity index (χ4v) is 4.41. The molecular weight excluding hydrogens is 291 g/mol. The highest BCUT2D eigenvalue weighted by atomic mass is 19.4. The number of hydrogen-bond acceptors (Lipinski definition) is 2. The first-order valence-corrected chi connectivity index (χ1v) is 8.08. The third-order valence-corrected chi connectivity index (χ3v) is 5.49. The van der Waals surface area contributed by atoms with Crippen LogP contribution in [0.5, 0.6) is 0 Å². The number of rotatable bonds is 1. The monoisotopic (exact) mass is 311 g/mol. The number of hydrogen-bond donors (Lipinski definition) is 0. The van der Waals surface area contributed by atoms with E-state index >= 15 is 0 Å². The van der Waals surface area contributed by atoms with Crippen LogP contribution in [0, 0.1) is 0 Å². The molecule has 3 aliphatic rings. The van der Waals surface area contributed by atoms with Gasteiger partial charge in [-0.15, -0.1) is 0 Å². The predicted molar refractivity (Wildman–Crippen MR) is 76.6 cm³/mol. The number of fused-ring (bicyclic) bond motifs is 3. The number of nitrogens with zero attached hydrogens (tertiary/aromatic N) is 1. The minimum absolute atomic E-state index is 0.0524. The van der Waals surface area contributed by atoms with Crippen molar-refractivity contribution in [3.8, 4) is 0 Å². The van der Waals surface area contributed by atoms with Crippen LogP contribution in [-0.4, -0.2) is 30.1 Å². The second-order valence-electron chi connectivity index (χ2n) is 6.72. The van der Waals surface area contributed by atoms with E-state index in [1.54, 1.807) is 6.07 Å². The lowest BCUT2D eigenvalue weighted by molar-refractivity contribution is -0.139. The molecule has 2 aliphatic heterocycles. The van der Waals surface area contributed by atoms with Gasteiger partial charge in [0.25, 0.3) is 0 Å². The van der Waals surface area contributed by atoms with Crippen molar-refractivity contribution in [1.29, 1.82) is 0 Å². The Morgan fingerprint density at radius 2 is 1.86 bits per heavy atom. The second kappa shape index (κ2) is 5.24. The normalized spacial score (nSPS) is 29.6. The molecule has 1 saturated heterocycles. The fraction of sp³-hybridized carbons (Fsp3) is 0.647. The van der Waals surface area contributed by atoms with Crippen LogP contribution >= 0.6 is 0 Å². The maximum atomic E-state index is 13.2. The van der Waals surface area contributed by atoms with Gasteiger partial charge in [0, 0.05) is 25.0 Å². The maximum Gasteiger partial charge on any atom is 0.416 e. The van der Waals surface area contributed by atoms with Crippen LogP contribution in [0.3, 0.4) is 0 Å². The smallest absolute Gasteiger partial charge is 0.371 e. The van der Waals surface area contributed by atoms with Crippen LogP contribution in [0.25, 0.3) is 0 Å². The Balaban J connectivity index is 1.64. The van der Waals surface area contributed by atoms with Crippen molar-refractivity contribution in [2.75, 3.05) is 13.1 Å². The van der Waals surface area contributed by atoms with Gasteiger partial charge in [-0.2, -0.15) is 13.2 Å².